The maximum absolute atomic E-state index is 5.74. The number of rotatable bonds is 1. The topological polar surface area (TPSA) is 93.6 Å². The molecule has 5 heteroatoms. The minimum atomic E-state index is 0.346. The Kier molecular flexibility index (Phi) is 1.63. The zero-order chi connectivity index (χ0) is 9.26. The van der Waals surface area contributed by atoms with Crippen LogP contribution < -0.4 is 11.5 Å². The van der Waals surface area contributed by atoms with Crippen molar-refractivity contribution in [3.63, 3.8) is 0 Å². The number of aromatic amines is 1. The summed E-state index contributed by atoms with van der Waals surface area (Å²) in [5, 5.41) is 6.54. The summed E-state index contributed by atoms with van der Waals surface area (Å²) in [7, 11) is 0. The van der Waals surface area contributed by atoms with Crippen molar-refractivity contribution in [3.8, 4) is 11.1 Å². The van der Waals surface area contributed by atoms with Crippen LogP contribution in [0.3, 0.4) is 0 Å². The van der Waals surface area contributed by atoms with E-state index in [1.807, 2.05) is 0 Å². The number of nitrogen functional groups attached to an aromatic ring is 2. The van der Waals surface area contributed by atoms with Gasteiger partial charge in [0.1, 0.15) is 5.82 Å². The summed E-state index contributed by atoms with van der Waals surface area (Å²) in [4.78, 5) is 3.87. The molecule has 0 aliphatic heterocycles. The summed E-state index contributed by atoms with van der Waals surface area (Å²) >= 11 is 0. The van der Waals surface area contributed by atoms with Crippen molar-refractivity contribution in [1.82, 2.24) is 15.2 Å². The second-order valence-corrected chi connectivity index (χ2v) is 2.64. The van der Waals surface area contributed by atoms with E-state index < -0.39 is 0 Å². The minimum Gasteiger partial charge on any atom is -0.395 e. The summed E-state index contributed by atoms with van der Waals surface area (Å²) < 4.78 is 0. The number of aromatic nitrogens is 3. The highest BCUT2D eigenvalue weighted by molar-refractivity contribution is 5.81. The van der Waals surface area contributed by atoms with Crippen LogP contribution in [0.1, 0.15) is 0 Å². The first kappa shape index (κ1) is 7.60. The second-order valence-electron chi connectivity index (χ2n) is 2.64. The molecule has 2 aromatic heterocycles. The number of pyridine rings is 1. The first-order chi connectivity index (χ1) is 6.29. The van der Waals surface area contributed by atoms with E-state index in [0.717, 1.165) is 11.1 Å². The van der Waals surface area contributed by atoms with Gasteiger partial charge < -0.3 is 11.5 Å². The zero-order valence-electron chi connectivity index (χ0n) is 6.86. The average molecular weight is 175 g/mol. The molecular weight excluding hydrogens is 166 g/mol. The highest BCUT2D eigenvalue weighted by atomic mass is 15.1. The normalized spacial score (nSPS) is 10.2. The largest absolute Gasteiger partial charge is 0.395 e. The number of H-pyrrole nitrogens is 1. The SMILES string of the molecule is Nc1nccc(-c2cn[nH]c2)c1N. The van der Waals surface area contributed by atoms with E-state index in [0.29, 0.717) is 11.5 Å². The van der Waals surface area contributed by atoms with Crippen LogP contribution >= 0.6 is 0 Å². The van der Waals surface area contributed by atoms with Crippen LogP contribution in [-0.4, -0.2) is 15.2 Å². The van der Waals surface area contributed by atoms with Gasteiger partial charge in [-0.05, 0) is 6.07 Å². The second kappa shape index (κ2) is 2.78. The van der Waals surface area contributed by atoms with Crippen LogP contribution in [0.2, 0.25) is 0 Å². The molecule has 0 amide bonds. The summed E-state index contributed by atoms with van der Waals surface area (Å²) in [6.07, 6.45) is 5.06. The quantitative estimate of drug-likeness (QED) is 0.592. The van der Waals surface area contributed by atoms with E-state index in [9.17, 15) is 0 Å². The lowest BCUT2D eigenvalue weighted by Gasteiger charge is -2.03. The molecule has 0 aliphatic rings. The summed E-state index contributed by atoms with van der Waals surface area (Å²) in [5.74, 6) is 0.346. The lowest BCUT2D eigenvalue weighted by atomic mass is 10.1. The van der Waals surface area contributed by atoms with Crippen molar-refractivity contribution in [1.29, 1.82) is 0 Å². The van der Waals surface area contributed by atoms with Gasteiger partial charge in [-0.1, -0.05) is 0 Å². The van der Waals surface area contributed by atoms with E-state index in [-0.39, 0.29) is 0 Å². The average Bonchev–Trinajstić information content (AvgIpc) is 2.62. The summed E-state index contributed by atoms with van der Waals surface area (Å²) in [5.41, 5.74) is 13.6. The molecule has 0 aliphatic carbocycles. The van der Waals surface area contributed by atoms with Crippen molar-refractivity contribution in [2.24, 2.45) is 0 Å². The maximum Gasteiger partial charge on any atom is 0.147 e. The molecule has 0 saturated carbocycles. The van der Waals surface area contributed by atoms with Gasteiger partial charge in [-0.3, -0.25) is 5.10 Å². The standard InChI is InChI=1S/C8H9N5/c9-7-6(1-2-11-8(7)10)5-3-12-13-4-5/h1-4H,9H2,(H2,10,11)(H,12,13). The monoisotopic (exact) mass is 175 g/mol. The fourth-order valence-corrected chi connectivity index (χ4v) is 1.14. The van der Waals surface area contributed by atoms with Crippen LogP contribution in [-0.2, 0) is 0 Å². The van der Waals surface area contributed by atoms with Crippen molar-refractivity contribution < 1.29 is 0 Å². The molecule has 0 unspecified atom stereocenters. The molecule has 0 saturated heterocycles. The fourth-order valence-electron chi connectivity index (χ4n) is 1.14. The van der Waals surface area contributed by atoms with E-state index >= 15 is 0 Å². The molecule has 2 rings (SSSR count). The van der Waals surface area contributed by atoms with Crippen molar-refractivity contribution in [3.05, 3.63) is 24.7 Å². The van der Waals surface area contributed by atoms with Crippen molar-refractivity contribution >= 4 is 11.5 Å². The number of hydrogen-bond donors (Lipinski definition) is 3. The molecule has 66 valence electrons. The third kappa shape index (κ3) is 1.20. The molecule has 5 N–H and O–H groups in total. The van der Waals surface area contributed by atoms with Gasteiger partial charge in [-0.2, -0.15) is 5.10 Å². The third-order valence-corrected chi connectivity index (χ3v) is 1.83. The lowest BCUT2D eigenvalue weighted by Crippen LogP contribution is -1.98. The zero-order valence-corrected chi connectivity index (χ0v) is 6.86. The van der Waals surface area contributed by atoms with Crippen LogP contribution in [0, 0.1) is 0 Å². The van der Waals surface area contributed by atoms with Crippen LogP contribution in [0.4, 0.5) is 11.5 Å². The van der Waals surface area contributed by atoms with E-state index in [1.165, 1.54) is 0 Å². The number of anilines is 2. The van der Waals surface area contributed by atoms with E-state index in [1.54, 1.807) is 24.7 Å². The summed E-state index contributed by atoms with van der Waals surface area (Å²) in [6, 6.07) is 1.80. The Labute approximate surface area is 74.8 Å². The van der Waals surface area contributed by atoms with Gasteiger partial charge in [0.15, 0.2) is 0 Å². The van der Waals surface area contributed by atoms with Crippen molar-refractivity contribution in [2.45, 2.75) is 0 Å². The molecule has 0 atom stereocenters. The van der Waals surface area contributed by atoms with Gasteiger partial charge in [0, 0.05) is 23.5 Å². The minimum absolute atomic E-state index is 0.346. The molecule has 2 heterocycles. The molecule has 0 bridgehead atoms. The number of nitrogens with two attached hydrogens (primary N) is 2. The van der Waals surface area contributed by atoms with Crippen LogP contribution in [0.15, 0.2) is 24.7 Å². The van der Waals surface area contributed by atoms with Gasteiger partial charge in [0.05, 0.1) is 11.9 Å². The molecule has 0 radical (unpaired) electrons. The number of hydrogen-bond acceptors (Lipinski definition) is 4. The molecule has 0 spiro atoms. The van der Waals surface area contributed by atoms with Gasteiger partial charge in [0.2, 0.25) is 0 Å². The smallest absolute Gasteiger partial charge is 0.147 e. The lowest BCUT2D eigenvalue weighted by molar-refractivity contribution is 1.09. The Balaban J connectivity index is 2.59. The predicted octanol–water partition coefficient (Wildman–Crippen LogP) is 0.636. The van der Waals surface area contributed by atoms with Gasteiger partial charge >= 0.3 is 0 Å². The predicted molar refractivity (Wildman–Crippen MR) is 50.6 cm³/mol. The van der Waals surface area contributed by atoms with Gasteiger partial charge in [0.25, 0.3) is 0 Å². The first-order valence-corrected chi connectivity index (χ1v) is 3.78. The molecule has 5 nitrogen and oxygen atoms in total. The molecule has 0 fully saturated rings. The Morgan fingerprint density at radius 3 is 2.85 bits per heavy atom. The molecule has 0 aromatic carbocycles. The van der Waals surface area contributed by atoms with Gasteiger partial charge in [-0.25, -0.2) is 4.98 Å². The number of nitrogens with one attached hydrogen (secondary N) is 1. The Morgan fingerprint density at radius 1 is 1.31 bits per heavy atom. The highest BCUT2D eigenvalue weighted by Crippen LogP contribution is 2.27. The molecular formula is C8H9N5. The Bertz CT molecular complexity index is 406. The first-order valence-electron chi connectivity index (χ1n) is 3.78. The fraction of sp³-hybridized carbons (Fsp3) is 0. The highest BCUT2D eigenvalue weighted by Gasteiger charge is 2.05. The van der Waals surface area contributed by atoms with E-state index in [2.05, 4.69) is 15.2 Å². The summed E-state index contributed by atoms with van der Waals surface area (Å²) in [6.45, 7) is 0. The third-order valence-electron chi connectivity index (χ3n) is 1.83. The molecule has 2 aromatic rings. The van der Waals surface area contributed by atoms with E-state index in [4.69, 9.17) is 11.5 Å². The number of nitrogens with zero attached hydrogens (tertiary/aromatic N) is 2. The maximum atomic E-state index is 5.74. The van der Waals surface area contributed by atoms with Gasteiger partial charge in [-0.15, -0.1) is 0 Å². The molecule has 13 heavy (non-hydrogen) atoms. The Morgan fingerprint density at radius 2 is 2.15 bits per heavy atom. The van der Waals surface area contributed by atoms with Crippen LogP contribution in [0.5, 0.6) is 0 Å². The Hall–Kier alpha value is -2.04. The van der Waals surface area contributed by atoms with Crippen LogP contribution in [0.25, 0.3) is 11.1 Å². The van der Waals surface area contributed by atoms with Crippen molar-refractivity contribution in [2.75, 3.05) is 11.5 Å².